The van der Waals surface area contributed by atoms with Crippen molar-refractivity contribution >= 4 is 11.9 Å². The van der Waals surface area contributed by atoms with Crippen molar-refractivity contribution in [3.63, 3.8) is 0 Å². The molecule has 0 radical (unpaired) electrons. The van der Waals surface area contributed by atoms with Crippen LogP contribution in [0.1, 0.15) is 40.4 Å². The Morgan fingerprint density at radius 2 is 1.69 bits per heavy atom. The van der Waals surface area contributed by atoms with Crippen LogP contribution in [0.4, 0.5) is 0 Å². The fraction of sp³-hybridized carbons (Fsp3) is 0.286. The summed E-state index contributed by atoms with van der Waals surface area (Å²) in [5.74, 6) is 1.38. The standard InChI is InChI=1S/C28H27NO6/c30-27(29-14-6-11-24(29)20-12-13-25-26(17-20)33-16-15-32-25)19-35-28(31)23-10-5-4-7-21(23)18-34-22-8-2-1-3-9-22/h1-5,7-10,12-13,17,24H,6,11,14-16,18-19H2. The lowest BCUT2D eigenvalue weighted by Crippen LogP contribution is -2.34. The molecule has 7 heteroatoms. The van der Waals surface area contributed by atoms with Gasteiger partial charge in [-0.25, -0.2) is 4.79 Å². The molecule has 0 bridgehead atoms. The van der Waals surface area contributed by atoms with Crippen molar-refractivity contribution in [3.05, 3.63) is 89.5 Å². The highest BCUT2D eigenvalue weighted by Crippen LogP contribution is 2.38. The Hall–Kier alpha value is -4.00. The van der Waals surface area contributed by atoms with E-state index in [1.165, 1.54) is 0 Å². The second kappa shape index (κ2) is 10.5. The van der Waals surface area contributed by atoms with E-state index in [4.69, 9.17) is 18.9 Å². The van der Waals surface area contributed by atoms with Crippen LogP contribution in [-0.4, -0.2) is 43.1 Å². The van der Waals surface area contributed by atoms with E-state index in [-0.39, 0.29) is 25.2 Å². The van der Waals surface area contributed by atoms with E-state index in [1.54, 1.807) is 17.0 Å². The minimum absolute atomic E-state index is 0.0800. The molecule has 1 unspecified atom stereocenters. The Morgan fingerprint density at radius 1 is 0.914 bits per heavy atom. The maximum atomic E-state index is 13.0. The molecule has 3 aromatic rings. The smallest absolute Gasteiger partial charge is 0.339 e. The van der Waals surface area contributed by atoms with Gasteiger partial charge in [-0.3, -0.25) is 4.79 Å². The zero-order valence-electron chi connectivity index (χ0n) is 19.4. The summed E-state index contributed by atoms with van der Waals surface area (Å²) in [6.45, 7) is 1.58. The fourth-order valence-electron chi connectivity index (χ4n) is 4.49. The SMILES string of the molecule is O=C(OCC(=O)N1CCCC1c1ccc2c(c1)OCCO2)c1ccccc1COc1ccccc1. The molecule has 35 heavy (non-hydrogen) atoms. The number of carbonyl (C=O) groups excluding carboxylic acids is 2. The first-order chi connectivity index (χ1) is 17.2. The van der Waals surface area contributed by atoms with Crippen LogP contribution in [-0.2, 0) is 16.1 Å². The zero-order valence-corrected chi connectivity index (χ0v) is 19.4. The van der Waals surface area contributed by atoms with Crippen LogP contribution < -0.4 is 14.2 Å². The Bertz CT molecular complexity index is 1200. The lowest BCUT2D eigenvalue weighted by atomic mass is 10.0. The number of amides is 1. The van der Waals surface area contributed by atoms with Crippen molar-refractivity contribution in [2.75, 3.05) is 26.4 Å². The third-order valence-electron chi connectivity index (χ3n) is 6.23. The van der Waals surface area contributed by atoms with E-state index in [1.807, 2.05) is 60.7 Å². The molecule has 0 aromatic heterocycles. The first-order valence-electron chi connectivity index (χ1n) is 11.8. The highest BCUT2D eigenvalue weighted by atomic mass is 16.6. The summed E-state index contributed by atoms with van der Waals surface area (Å²) in [6.07, 6.45) is 1.73. The summed E-state index contributed by atoms with van der Waals surface area (Å²) in [6, 6.07) is 22.2. The second-order valence-corrected chi connectivity index (χ2v) is 8.48. The Kier molecular flexibility index (Phi) is 6.84. The van der Waals surface area contributed by atoms with E-state index in [2.05, 4.69) is 0 Å². The number of ether oxygens (including phenoxy) is 4. The normalized spacial score (nSPS) is 16.6. The minimum atomic E-state index is -0.541. The number of benzene rings is 3. The second-order valence-electron chi connectivity index (χ2n) is 8.48. The number of hydrogen-bond acceptors (Lipinski definition) is 6. The summed E-state index contributed by atoms with van der Waals surface area (Å²) in [4.78, 5) is 27.6. The Balaban J connectivity index is 1.21. The zero-order chi connectivity index (χ0) is 24.0. The monoisotopic (exact) mass is 473 g/mol. The van der Waals surface area contributed by atoms with Gasteiger partial charge in [-0.15, -0.1) is 0 Å². The summed E-state index contributed by atoms with van der Waals surface area (Å²) in [5, 5.41) is 0. The Labute approximate surface area is 204 Å². The number of carbonyl (C=O) groups is 2. The molecule has 0 N–H and O–H groups in total. The molecule has 7 nitrogen and oxygen atoms in total. The average Bonchev–Trinajstić information content (AvgIpc) is 3.41. The van der Waals surface area contributed by atoms with Crippen LogP contribution >= 0.6 is 0 Å². The molecule has 1 atom stereocenters. The predicted octanol–water partition coefficient (Wildman–Crippen LogP) is 4.56. The summed E-state index contributed by atoms with van der Waals surface area (Å²) >= 11 is 0. The van der Waals surface area contributed by atoms with E-state index in [9.17, 15) is 9.59 Å². The maximum absolute atomic E-state index is 13.0. The van der Waals surface area contributed by atoms with Crippen LogP contribution in [0.2, 0.25) is 0 Å². The third-order valence-corrected chi connectivity index (χ3v) is 6.23. The number of esters is 1. The van der Waals surface area contributed by atoms with Crippen LogP contribution in [0.15, 0.2) is 72.8 Å². The fourth-order valence-corrected chi connectivity index (χ4v) is 4.49. The number of fused-ring (bicyclic) bond motifs is 1. The molecular formula is C28H27NO6. The predicted molar refractivity (Wildman–Crippen MR) is 129 cm³/mol. The maximum Gasteiger partial charge on any atom is 0.339 e. The van der Waals surface area contributed by atoms with Gasteiger partial charge in [0.1, 0.15) is 25.6 Å². The molecule has 0 saturated carbocycles. The van der Waals surface area contributed by atoms with E-state index >= 15 is 0 Å². The third kappa shape index (κ3) is 5.24. The topological polar surface area (TPSA) is 74.3 Å². The van der Waals surface area contributed by atoms with Gasteiger partial charge in [-0.05, 0) is 48.7 Å². The van der Waals surface area contributed by atoms with Crippen LogP contribution in [0.3, 0.4) is 0 Å². The first-order valence-corrected chi connectivity index (χ1v) is 11.8. The number of rotatable bonds is 7. The highest BCUT2D eigenvalue weighted by molar-refractivity contribution is 5.92. The minimum Gasteiger partial charge on any atom is -0.489 e. The summed E-state index contributed by atoms with van der Waals surface area (Å²) in [7, 11) is 0. The van der Waals surface area contributed by atoms with Crippen molar-refractivity contribution in [3.8, 4) is 17.2 Å². The molecule has 1 amide bonds. The average molecular weight is 474 g/mol. The molecule has 0 spiro atoms. The number of para-hydroxylation sites is 1. The Morgan fingerprint density at radius 3 is 2.54 bits per heavy atom. The van der Waals surface area contributed by atoms with Crippen molar-refractivity contribution in [2.45, 2.75) is 25.5 Å². The molecule has 2 heterocycles. The summed E-state index contributed by atoms with van der Waals surface area (Å²) in [5.41, 5.74) is 2.08. The molecule has 1 fully saturated rings. The largest absolute Gasteiger partial charge is 0.489 e. The van der Waals surface area contributed by atoms with Gasteiger partial charge in [0.25, 0.3) is 5.91 Å². The lowest BCUT2D eigenvalue weighted by molar-refractivity contribution is -0.135. The number of hydrogen-bond donors (Lipinski definition) is 0. The molecule has 2 aliphatic heterocycles. The van der Waals surface area contributed by atoms with Crippen LogP contribution in [0, 0.1) is 0 Å². The van der Waals surface area contributed by atoms with Gasteiger partial charge in [0.05, 0.1) is 11.6 Å². The molecule has 3 aromatic carbocycles. The molecule has 2 aliphatic rings. The highest BCUT2D eigenvalue weighted by Gasteiger charge is 2.31. The first kappa shape index (κ1) is 22.8. The van der Waals surface area contributed by atoms with Gasteiger partial charge >= 0.3 is 5.97 Å². The quantitative estimate of drug-likeness (QED) is 0.469. The van der Waals surface area contributed by atoms with Crippen LogP contribution in [0.5, 0.6) is 17.2 Å². The molecular weight excluding hydrogens is 446 g/mol. The van der Waals surface area contributed by atoms with Gasteiger partial charge in [-0.2, -0.15) is 0 Å². The number of nitrogens with zero attached hydrogens (tertiary/aromatic N) is 1. The lowest BCUT2D eigenvalue weighted by Gasteiger charge is -2.26. The van der Waals surface area contributed by atoms with Gasteiger partial charge in [0.2, 0.25) is 0 Å². The van der Waals surface area contributed by atoms with E-state index in [0.29, 0.717) is 42.4 Å². The molecule has 0 aliphatic carbocycles. The van der Waals surface area contributed by atoms with E-state index < -0.39 is 5.97 Å². The summed E-state index contributed by atoms with van der Waals surface area (Å²) < 4.78 is 22.5. The molecule has 5 rings (SSSR count). The molecule has 1 saturated heterocycles. The van der Waals surface area contributed by atoms with Crippen molar-refractivity contribution < 1.29 is 28.5 Å². The van der Waals surface area contributed by atoms with Crippen molar-refractivity contribution in [2.24, 2.45) is 0 Å². The van der Waals surface area contributed by atoms with Gasteiger partial charge in [0.15, 0.2) is 18.1 Å². The van der Waals surface area contributed by atoms with Crippen LogP contribution in [0.25, 0.3) is 0 Å². The van der Waals surface area contributed by atoms with Gasteiger partial charge < -0.3 is 23.8 Å². The van der Waals surface area contributed by atoms with Crippen molar-refractivity contribution in [1.29, 1.82) is 0 Å². The van der Waals surface area contributed by atoms with Crippen molar-refractivity contribution in [1.82, 2.24) is 4.90 Å². The van der Waals surface area contributed by atoms with Gasteiger partial charge in [-0.1, -0.05) is 42.5 Å². The van der Waals surface area contributed by atoms with Gasteiger partial charge in [0, 0.05) is 12.1 Å². The van der Waals surface area contributed by atoms with E-state index in [0.717, 1.165) is 24.2 Å². The number of likely N-dealkylation sites (tertiary alicyclic amines) is 1. The molecule has 180 valence electrons.